The zero-order chi connectivity index (χ0) is 13.4. The smallest absolute Gasteiger partial charge is 0.357 e. The van der Waals surface area contributed by atoms with Gasteiger partial charge in [-0.3, -0.25) is 4.79 Å². The van der Waals surface area contributed by atoms with Gasteiger partial charge < -0.3 is 10.1 Å². The lowest BCUT2D eigenvalue weighted by atomic mass is 10.4. The molecule has 0 radical (unpaired) electrons. The van der Waals surface area contributed by atoms with Crippen LogP contribution in [0.4, 0.5) is 0 Å². The summed E-state index contributed by atoms with van der Waals surface area (Å²) in [6.45, 7) is 4.04. The van der Waals surface area contributed by atoms with Crippen LogP contribution in [0, 0.1) is 11.8 Å². The molecule has 0 aliphatic carbocycles. The minimum absolute atomic E-state index is 0.0735. The highest BCUT2D eigenvalue weighted by Gasteiger charge is 2.09. The Bertz CT molecular complexity index is 485. The van der Waals surface area contributed by atoms with Crippen molar-refractivity contribution in [3.05, 3.63) is 16.1 Å². The van der Waals surface area contributed by atoms with Crippen LogP contribution in [0.25, 0.3) is 0 Å². The van der Waals surface area contributed by atoms with Crippen LogP contribution in [0.5, 0.6) is 0 Å². The SMILES string of the molecule is CCOC(=O)c1csc(C#CCCNC(C)=O)n1. The number of thiazole rings is 1. The van der Waals surface area contributed by atoms with E-state index in [0.717, 1.165) is 0 Å². The topological polar surface area (TPSA) is 68.3 Å². The second-order valence-electron chi connectivity index (χ2n) is 3.29. The van der Waals surface area contributed by atoms with Gasteiger partial charge in [0.2, 0.25) is 5.91 Å². The van der Waals surface area contributed by atoms with Crippen molar-refractivity contribution in [3.8, 4) is 11.8 Å². The van der Waals surface area contributed by atoms with Crippen molar-refractivity contribution in [2.75, 3.05) is 13.2 Å². The lowest BCUT2D eigenvalue weighted by Crippen LogP contribution is -2.20. The van der Waals surface area contributed by atoms with Crippen LogP contribution in [-0.2, 0) is 9.53 Å². The number of carbonyl (C=O) groups excluding carboxylic acids is 2. The molecule has 0 saturated carbocycles. The van der Waals surface area contributed by atoms with Crippen LogP contribution in [0.1, 0.15) is 35.8 Å². The van der Waals surface area contributed by atoms with Crippen molar-refractivity contribution in [3.63, 3.8) is 0 Å². The molecular formula is C12H14N2O3S. The van der Waals surface area contributed by atoms with E-state index in [1.807, 2.05) is 0 Å². The van der Waals surface area contributed by atoms with Crippen LogP contribution in [0.3, 0.4) is 0 Å². The van der Waals surface area contributed by atoms with Gasteiger partial charge in [-0.1, -0.05) is 5.92 Å². The van der Waals surface area contributed by atoms with E-state index in [9.17, 15) is 9.59 Å². The molecule has 1 aromatic heterocycles. The number of rotatable bonds is 4. The first-order valence-corrected chi connectivity index (χ1v) is 6.37. The second-order valence-corrected chi connectivity index (χ2v) is 4.15. The third-order valence-corrected chi connectivity index (χ3v) is 2.57. The summed E-state index contributed by atoms with van der Waals surface area (Å²) in [5.41, 5.74) is 0.285. The fraction of sp³-hybridized carbons (Fsp3) is 0.417. The molecule has 0 aliphatic heterocycles. The summed E-state index contributed by atoms with van der Waals surface area (Å²) in [6, 6.07) is 0. The summed E-state index contributed by atoms with van der Waals surface area (Å²) in [5, 5.41) is 4.83. The molecule has 1 aromatic rings. The number of hydrogen-bond donors (Lipinski definition) is 1. The number of nitrogens with one attached hydrogen (secondary N) is 1. The summed E-state index contributed by atoms with van der Waals surface area (Å²) in [4.78, 5) is 26.0. The maximum absolute atomic E-state index is 11.3. The minimum Gasteiger partial charge on any atom is -0.461 e. The van der Waals surface area contributed by atoms with Gasteiger partial charge in [-0.15, -0.1) is 11.3 Å². The van der Waals surface area contributed by atoms with Gasteiger partial charge in [0.15, 0.2) is 10.7 Å². The Hall–Kier alpha value is -1.87. The van der Waals surface area contributed by atoms with Gasteiger partial charge in [-0.2, -0.15) is 0 Å². The molecule has 0 aromatic carbocycles. The highest BCUT2D eigenvalue weighted by atomic mass is 32.1. The Morgan fingerprint density at radius 1 is 1.56 bits per heavy atom. The van der Waals surface area contributed by atoms with Crippen molar-refractivity contribution in [2.45, 2.75) is 20.3 Å². The second kappa shape index (κ2) is 7.45. The first-order valence-electron chi connectivity index (χ1n) is 5.49. The van der Waals surface area contributed by atoms with Crippen molar-refractivity contribution in [1.82, 2.24) is 10.3 Å². The van der Waals surface area contributed by atoms with Crippen molar-refractivity contribution in [1.29, 1.82) is 0 Å². The van der Waals surface area contributed by atoms with Crippen LogP contribution < -0.4 is 5.32 Å². The Morgan fingerprint density at radius 3 is 3.00 bits per heavy atom. The van der Waals surface area contributed by atoms with E-state index in [2.05, 4.69) is 22.1 Å². The third kappa shape index (κ3) is 4.97. The summed E-state index contributed by atoms with van der Waals surface area (Å²) >= 11 is 1.30. The predicted molar refractivity (Wildman–Crippen MR) is 68.2 cm³/mol. The number of nitrogens with zero attached hydrogens (tertiary/aromatic N) is 1. The maximum atomic E-state index is 11.3. The standard InChI is InChI=1S/C12H14N2O3S/c1-3-17-12(16)10-8-18-11(14-10)6-4-5-7-13-9(2)15/h8H,3,5,7H2,1-2H3,(H,13,15). The van der Waals surface area contributed by atoms with E-state index in [0.29, 0.717) is 24.6 Å². The number of carbonyl (C=O) groups is 2. The van der Waals surface area contributed by atoms with Gasteiger partial charge in [0.05, 0.1) is 6.61 Å². The van der Waals surface area contributed by atoms with Crippen LogP contribution >= 0.6 is 11.3 Å². The van der Waals surface area contributed by atoms with Crippen molar-refractivity contribution in [2.24, 2.45) is 0 Å². The first-order chi connectivity index (χ1) is 8.63. The Balaban J connectivity index is 2.46. The number of aromatic nitrogens is 1. The molecule has 1 N–H and O–H groups in total. The highest BCUT2D eigenvalue weighted by Crippen LogP contribution is 2.09. The molecule has 5 nitrogen and oxygen atoms in total. The third-order valence-electron chi connectivity index (χ3n) is 1.81. The molecular weight excluding hydrogens is 252 g/mol. The average Bonchev–Trinajstić information content (AvgIpc) is 2.77. The largest absolute Gasteiger partial charge is 0.461 e. The molecule has 1 heterocycles. The predicted octanol–water partition coefficient (Wildman–Crippen LogP) is 1.20. The first kappa shape index (κ1) is 14.2. The summed E-state index contributed by atoms with van der Waals surface area (Å²) in [6.07, 6.45) is 0.550. The van der Waals surface area contributed by atoms with Crippen LogP contribution in [0.2, 0.25) is 0 Å². The summed E-state index contributed by atoms with van der Waals surface area (Å²) < 4.78 is 4.82. The maximum Gasteiger partial charge on any atom is 0.357 e. The molecule has 0 spiro atoms. The lowest BCUT2D eigenvalue weighted by Gasteiger charge is -1.95. The molecule has 0 saturated heterocycles. The number of amides is 1. The highest BCUT2D eigenvalue weighted by molar-refractivity contribution is 7.10. The molecule has 1 rings (SSSR count). The average molecular weight is 266 g/mol. The van der Waals surface area contributed by atoms with E-state index in [4.69, 9.17) is 4.74 Å². The Labute approximate surface area is 110 Å². The van der Waals surface area contributed by atoms with Crippen LogP contribution in [-0.4, -0.2) is 30.0 Å². The molecule has 96 valence electrons. The lowest BCUT2D eigenvalue weighted by molar-refractivity contribution is -0.118. The molecule has 0 atom stereocenters. The number of ether oxygens (including phenoxy) is 1. The molecule has 0 unspecified atom stereocenters. The monoisotopic (exact) mass is 266 g/mol. The Kier molecular flexibility index (Phi) is 5.88. The van der Waals surface area contributed by atoms with Gasteiger partial charge >= 0.3 is 5.97 Å². The molecule has 0 aliphatic rings. The molecule has 0 fully saturated rings. The minimum atomic E-state index is -0.431. The van der Waals surface area contributed by atoms with Gasteiger partial charge in [-0.05, 0) is 12.8 Å². The fourth-order valence-electron chi connectivity index (χ4n) is 1.07. The quantitative estimate of drug-likeness (QED) is 0.505. The van der Waals surface area contributed by atoms with Crippen molar-refractivity contribution < 1.29 is 14.3 Å². The van der Waals surface area contributed by atoms with E-state index in [1.54, 1.807) is 12.3 Å². The fourth-order valence-corrected chi connectivity index (χ4v) is 1.72. The molecule has 18 heavy (non-hydrogen) atoms. The number of hydrogen-bond acceptors (Lipinski definition) is 5. The summed E-state index contributed by atoms with van der Waals surface area (Å²) in [7, 11) is 0. The van der Waals surface area contributed by atoms with E-state index in [-0.39, 0.29) is 11.6 Å². The zero-order valence-electron chi connectivity index (χ0n) is 10.3. The van der Waals surface area contributed by atoms with Gasteiger partial charge in [-0.25, -0.2) is 9.78 Å². The normalized spacial score (nSPS) is 9.22. The van der Waals surface area contributed by atoms with E-state index < -0.39 is 5.97 Å². The van der Waals surface area contributed by atoms with Gasteiger partial charge in [0, 0.05) is 25.3 Å². The number of esters is 1. The van der Waals surface area contributed by atoms with Gasteiger partial charge in [0.25, 0.3) is 0 Å². The molecule has 1 amide bonds. The van der Waals surface area contributed by atoms with E-state index >= 15 is 0 Å². The molecule has 6 heteroatoms. The van der Waals surface area contributed by atoms with Crippen molar-refractivity contribution >= 4 is 23.2 Å². The van der Waals surface area contributed by atoms with Gasteiger partial charge in [0.1, 0.15) is 0 Å². The van der Waals surface area contributed by atoms with E-state index in [1.165, 1.54) is 18.3 Å². The molecule has 0 bridgehead atoms. The Morgan fingerprint density at radius 2 is 2.33 bits per heavy atom. The van der Waals surface area contributed by atoms with Crippen LogP contribution in [0.15, 0.2) is 5.38 Å². The summed E-state index contributed by atoms with van der Waals surface area (Å²) in [5.74, 6) is 5.20. The zero-order valence-corrected chi connectivity index (χ0v) is 11.1.